The Labute approximate surface area is 226 Å². The molecule has 1 fully saturated rings. The van der Waals surface area contributed by atoms with Crippen LogP contribution in [-0.4, -0.2) is 39.7 Å². The number of esters is 1. The molecule has 0 saturated heterocycles. The molecule has 1 aliphatic rings. The van der Waals surface area contributed by atoms with E-state index < -0.39 is 0 Å². The molecule has 3 aromatic rings. The lowest BCUT2D eigenvalue weighted by Crippen LogP contribution is -2.36. The fraction of sp³-hybridized carbons (Fsp3) is 0.444. The van der Waals surface area contributed by atoms with Crippen LogP contribution in [0, 0.1) is 17.8 Å². The van der Waals surface area contributed by atoms with E-state index in [0.29, 0.717) is 50.2 Å². The van der Waals surface area contributed by atoms with Crippen LogP contribution in [0.2, 0.25) is 10.0 Å². The van der Waals surface area contributed by atoms with Gasteiger partial charge in [0.25, 0.3) is 0 Å². The van der Waals surface area contributed by atoms with Crippen molar-refractivity contribution in [2.45, 2.75) is 51.3 Å². The maximum Gasteiger partial charge on any atom is 0.316 e. The maximum atomic E-state index is 12.9. The number of carbonyl (C=O) groups excluding carboxylic acids is 1. The predicted octanol–water partition coefficient (Wildman–Crippen LogP) is 7.35. The van der Waals surface area contributed by atoms with Crippen LogP contribution in [0.4, 0.5) is 0 Å². The Balaban J connectivity index is 1.61. The Morgan fingerprint density at radius 1 is 1.14 bits per heavy atom. The Kier molecular flexibility index (Phi) is 8.86. The highest BCUT2D eigenvalue weighted by atomic mass is 35.5. The second-order valence-corrected chi connectivity index (χ2v) is 11.4. The molecule has 6 nitrogen and oxygen atoms in total. The third-order valence-corrected chi connectivity index (χ3v) is 8.03. The number of nitrogens with zero attached hydrogens (tertiary/aromatic N) is 3. The first-order chi connectivity index (χ1) is 17.3. The van der Waals surface area contributed by atoms with Crippen molar-refractivity contribution in [3.63, 3.8) is 0 Å². The molecule has 9 heteroatoms. The number of ether oxygens (including phenoxy) is 2. The molecule has 1 aliphatic carbocycles. The minimum Gasteiger partial charge on any atom is -0.495 e. The van der Waals surface area contributed by atoms with Gasteiger partial charge in [0.15, 0.2) is 11.0 Å². The van der Waals surface area contributed by atoms with Gasteiger partial charge in [-0.2, -0.15) is 0 Å². The Hall–Kier alpha value is -2.22. The third kappa shape index (κ3) is 6.18. The number of aromatic nitrogens is 3. The first-order valence-corrected chi connectivity index (χ1v) is 13.9. The summed E-state index contributed by atoms with van der Waals surface area (Å²) in [6, 6.07) is 12.7. The van der Waals surface area contributed by atoms with Crippen LogP contribution >= 0.6 is 35.0 Å². The van der Waals surface area contributed by atoms with Gasteiger partial charge < -0.3 is 9.47 Å². The summed E-state index contributed by atoms with van der Waals surface area (Å²) < 4.78 is 13.4. The number of methoxy groups -OCH3 is 1. The molecule has 0 radical (unpaired) electrons. The second-order valence-electron chi connectivity index (χ2n) is 9.61. The summed E-state index contributed by atoms with van der Waals surface area (Å²) in [7, 11) is 1.59. The predicted molar refractivity (Wildman–Crippen MR) is 145 cm³/mol. The van der Waals surface area contributed by atoms with Crippen LogP contribution in [-0.2, 0) is 9.53 Å². The number of halogens is 2. The highest BCUT2D eigenvalue weighted by Crippen LogP contribution is 2.37. The van der Waals surface area contributed by atoms with Gasteiger partial charge in [0.1, 0.15) is 11.9 Å². The van der Waals surface area contributed by atoms with E-state index in [4.69, 9.17) is 32.7 Å². The first-order valence-electron chi connectivity index (χ1n) is 12.1. The van der Waals surface area contributed by atoms with E-state index >= 15 is 0 Å². The number of thioether (sulfide) groups is 1. The highest BCUT2D eigenvalue weighted by molar-refractivity contribution is 7.99. The molecule has 4 rings (SSSR count). The smallest absolute Gasteiger partial charge is 0.316 e. The lowest BCUT2D eigenvalue weighted by Gasteiger charge is -2.36. The number of carbonyl (C=O) groups is 1. The highest BCUT2D eigenvalue weighted by Gasteiger charge is 2.33. The molecule has 0 amide bonds. The van der Waals surface area contributed by atoms with E-state index in [0.717, 1.165) is 18.4 Å². The fourth-order valence-electron chi connectivity index (χ4n) is 4.81. The minimum atomic E-state index is -0.248. The summed E-state index contributed by atoms with van der Waals surface area (Å²) >= 11 is 13.9. The monoisotopic (exact) mass is 547 g/mol. The first kappa shape index (κ1) is 26.8. The average Bonchev–Trinajstić information content (AvgIpc) is 3.26. The Bertz CT molecular complexity index is 1220. The summed E-state index contributed by atoms with van der Waals surface area (Å²) in [4.78, 5) is 12.9. The van der Waals surface area contributed by atoms with E-state index in [1.54, 1.807) is 31.4 Å². The van der Waals surface area contributed by atoms with Gasteiger partial charge in [-0.15, -0.1) is 10.2 Å². The van der Waals surface area contributed by atoms with Crippen LogP contribution in [0.3, 0.4) is 0 Å². The normalized spacial score (nSPS) is 19.9. The van der Waals surface area contributed by atoms with Gasteiger partial charge in [-0.25, -0.2) is 0 Å². The van der Waals surface area contributed by atoms with Gasteiger partial charge in [0.2, 0.25) is 0 Å². The van der Waals surface area contributed by atoms with E-state index in [9.17, 15) is 4.79 Å². The second kappa shape index (κ2) is 11.9. The summed E-state index contributed by atoms with van der Waals surface area (Å²) in [6.07, 6.45) is 3.14. The molecule has 0 unspecified atom stereocenters. The van der Waals surface area contributed by atoms with E-state index in [1.807, 2.05) is 22.8 Å². The molecule has 2 aromatic carbocycles. The van der Waals surface area contributed by atoms with Crippen LogP contribution in [0.25, 0.3) is 17.1 Å². The van der Waals surface area contributed by atoms with Gasteiger partial charge in [0, 0.05) is 15.6 Å². The van der Waals surface area contributed by atoms with Crippen molar-refractivity contribution in [3.8, 4) is 22.8 Å². The molecule has 192 valence electrons. The van der Waals surface area contributed by atoms with Gasteiger partial charge in [-0.05, 0) is 60.9 Å². The number of rotatable bonds is 8. The van der Waals surface area contributed by atoms with Crippen molar-refractivity contribution in [2.75, 3.05) is 12.9 Å². The molecule has 1 saturated carbocycles. The minimum absolute atomic E-state index is 0.0465. The molecule has 0 N–H and O–H groups in total. The molecule has 1 aromatic heterocycles. The Morgan fingerprint density at radius 3 is 2.64 bits per heavy atom. The SMILES string of the molecule is COc1ccc(Cl)cc1-n1c(SCC(=O)O[C@@H]2C[C@@H](C)CC[C@@H]2C(C)C)nnc1-c1cccc(Cl)c1. The van der Waals surface area contributed by atoms with Crippen LogP contribution in [0.15, 0.2) is 47.6 Å². The maximum absolute atomic E-state index is 12.9. The molecular weight excluding hydrogens is 517 g/mol. The van der Waals surface area contributed by atoms with Crippen molar-refractivity contribution in [3.05, 3.63) is 52.5 Å². The number of benzene rings is 2. The van der Waals surface area contributed by atoms with Crippen molar-refractivity contribution in [1.82, 2.24) is 14.8 Å². The summed E-state index contributed by atoms with van der Waals surface area (Å²) in [5.74, 6) is 2.46. The van der Waals surface area contributed by atoms with Gasteiger partial charge in [-0.3, -0.25) is 9.36 Å². The molecule has 0 aliphatic heterocycles. The van der Waals surface area contributed by atoms with Crippen molar-refractivity contribution in [2.24, 2.45) is 17.8 Å². The molecule has 0 spiro atoms. The van der Waals surface area contributed by atoms with E-state index in [-0.39, 0.29) is 17.8 Å². The number of hydrogen-bond donors (Lipinski definition) is 0. The van der Waals surface area contributed by atoms with E-state index in [1.165, 1.54) is 18.2 Å². The Morgan fingerprint density at radius 2 is 1.92 bits per heavy atom. The van der Waals surface area contributed by atoms with Crippen molar-refractivity contribution >= 4 is 40.9 Å². The molecular formula is C27H31Cl2N3O3S. The molecule has 1 heterocycles. The van der Waals surface area contributed by atoms with Crippen molar-refractivity contribution in [1.29, 1.82) is 0 Å². The zero-order valence-electron chi connectivity index (χ0n) is 20.9. The van der Waals surface area contributed by atoms with Crippen LogP contribution < -0.4 is 4.74 Å². The molecule has 3 atom stereocenters. The van der Waals surface area contributed by atoms with Crippen LogP contribution in [0.5, 0.6) is 5.75 Å². The van der Waals surface area contributed by atoms with E-state index in [2.05, 4.69) is 31.0 Å². The topological polar surface area (TPSA) is 66.2 Å². The summed E-state index contributed by atoms with van der Waals surface area (Å²) in [5, 5.41) is 10.5. The largest absolute Gasteiger partial charge is 0.495 e. The molecule has 0 bridgehead atoms. The standard InChI is InChI=1S/C27H31Cl2N3O3S/c1-16(2)21-10-8-17(3)12-24(21)35-25(33)15-36-27-31-30-26(18-6-5-7-19(28)13-18)32(27)22-14-20(29)9-11-23(22)34-4/h5-7,9,11,13-14,16-17,21,24H,8,10,12,15H2,1-4H3/t17-,21+,24+/m0/s1. The van der Waals surface area contributed by atoms with Crippen molar-refractivity contribution < 1.29 is 14.3 Å². The quantitative estimate of drug-likeness (QED) is 0.217. The summed E-state index contributed by atoms with van der Waals surface area (Å²) in [6.45, 7) is 6.63. The third-order valence-electron chi connectivity index (χ3n) is 6.66. The lowest BCUT2D eigenvalue weighted by molar-refractivity contribution is -0.152. The zero-order chi connectivity index (χ0) is 25.8. The van der Waals surface area contributed by atoms with Gasteiger partial charge >= 0.3 is 5.97 Å². The average molecular weight is 549 g/mol. The van der Waals surface area contributed by atoms with Gasteiger partial charge in [-0.1, -0.05) is 74.3 Å². The molecule has 36 heavy (non-hydrogen) atoms. The lowest BCUT2D eigenvalue weighted by atomic mass is 9.75. The summed E-state index contributed by atoms with van der Waals surface area (Å²) in [5.41, 5.74) is 1.45. The van der Waals surface area contributed by atoms with Gasteiger partial charge in [0.05, 0.1) is 18.6 Å². The zero-order valence-corrected chi connectivity index (χ0v) is 23.2. The van der Waals surface area contributed by atoms with Crippen LogP contribution in [0.1, 0.15) is 40.0 Å². The number of hydrogen-bond acceptors (Lipinski definition) is 6. The fourth-order valence-corrected chi connectivity index (χ4v) is 5.89.